The maximum absolute atomic E-state index is 11.3. The summed E-state index contributed by atoms with van der Waals surface area (Å²) in [6.07, 6.45) is 2.94. The molecule has 1 aliphatic carbocycles. The van der Waals surface area contributed by atoms with Crippen LogP contribution in [0.3, 0.4) is 0 Å². The number of nitrogens with zero attached hydrogens (tertiary/aromatic N) is 3. The molecular weight excluding hydrogens is 416 g/mol. The number of nitrogens with one attached hydrogen (secondary N) is 1. The van der Waals surface area contributed by atoms with Gasteiger partial charge >= 0.3 is 5.97 Å². The molecule has 4 aromatic rings. The van der Waals surface area contributed by atoms with Gasteiger partial charge in [-0.2, -0.15) is 5.10 Å². The summed E-state index contributed by atoms with van der Waals surface area (Å²) in [4.78, 5) is 21.0. The van der Waals surface area contributed by atoms with E-state index < -0.39 is 5.97 Å². The Kier molecular flexibility index (Phi) is 4.80. The van der Waals surface area contributed by atoms with Gasteiger partial charge in [-0.15, -0.1) is 11.3 Å². The van der Waals surface area contributed by atoms with Crippen LogP contribution in [0.5, 0.6) is 0 Å². The third-order valence-corrected chi connectivity index (χ3v) is 7.07. The molecule has 1 aliphatic rings. The number of benzene rings is 2. The summed E-state index contributed by atoms with van der Waals surface area (Å²) in [6, 6.07) is 14.2. The number of thiazole rings is 2. The Labute approximate surface area is 181 Å². The fraction of sp³-hybridized carbons (Fsp3) is 0.182. The summed E-state index contributed by atoms with van der Waals surface area (Å²) >= 11 is 2.99. The first-order valence-electron chi connectivity index (χ1n) is 9.61. The van der Waals surface area contributed by atoms with Crippen molar-refractivity contribution in [2.75, 3.05) is 5.43 Å². The SMILES string of the molecule is Cc1sc(-c2ccc3c(c2)/C(=N/Nc2nc4ccccc4s2)CCC3)nc1C(=O)O. The van der Waals surface area contributed by atoms with Crippen LogP contribution in [0.1, 0.15) is 39.3 Å². The molecule has 0 radical (unpaired) electrons. The number of carboxylic acid groups (broad SMARTS) is 1. The molecule has 2 N–H and O–H groups in total. The Morgan fingerprint density at radius 3 is 2.80 bits per heavy atom. The molecule has 0 fully saturated rings. The average molecular weight is 435 g/mol. The van der Waals surface area contributed by atoms with Gasteiger partial charge in [-0.1, -0.05) is 35.6 Å². The minimum Gasteiger partial charge on any atom is -0.476 e. The number of hydrogen-bond acceptors (Lipinski definition) is 7. The van der Waals surface area contributed by atoms with E-state index in [0.29, 0.717) is 4.88 Å². The van der Waals surface area contributed by atoms with Crippen LogP contribution in [0.4, 0.5) is 5.13 Å². The van der Waals surface area contributed by atoms with Crippen molar-refractivity contribution in [1.29, 1.82) is 0 Å². The summed E-state index contributed by atoms with van der Waals surface area (Å²) in [5, 5.41) is 15.5. The van der Waals surface area contributed by atoms with Crippen molar-refractivity contribution in [3.05, 3.63) is 64.2 Å². The average Bonchev–Trinajstić information content (AvgIpc) is 3.35. The standard InChI is InChI=1S/C22H18N4O2S2/c1-12-19(21(27)28)24-20(29-12)14-10-9-13-5-4-7-16(15(13)11-14)25-26-22-23-17-6-2-3-8-18(17)30-22/h2-3,6,8-11H,4-5,7H2,1H3,(H,23,26)(H,27,28)/b25-16+. The quantitative estimate of drug-likeness (QED) is 0.410. The molecule has 0 saturated carbocycles. The second-order valence-electron chi connectivity index (χ2n) is 7.11. The summed E-state index contributed by atoms with van der Waals surface area (Å²) in [5.74, 6) is -0.991. The van der Waals surface area contributed by atoms with Gasteiger partial charge in [-0.05, 0) is 49.9 Å². The Morgan fingerprint density at radius 1 is 1.13 bits per heavy atom. The van der Waals surface area contributed by atoms with Crippen molar-refractivity contribution < 1.29 is 9.90 Å². The number of aromatic carboxylic acids is 1. The van der Waals surface area contributed by atoms with E-state index in [4.69, 9.17) is 0 Å². The Balaban J connectivity index is 1.48. The predicted octanol–water partition coefficient (Wildman–Crippen LogP) is 5.58. The maximum Gasteiger partial charge on any atom is 0.355 e. The number of carboxylic acids is 1. The zero-order chi connectivity index (χ0) is 20.7. The predicted molar refractivity (Wildman–Crippen MR) is 122 cm³/mol. The van der Waals surface area contributed by atoms with Crippen LogP contribution in [0.2, 0.25) is 0 Å². The highest BCUT2D eigenvalue weighted by molar-refractivity contribution is 7.22. The van der Waals surface area contributed by atoms with Crippen LogP contribution in [-0.2, 0) is 6.42 Å². The molecule has 5 rings (SSSR count). The van der Waals surface area contributed by atoms with Gasteiger partial charge in [-0.25, -0.2) is 14.8 Å². The monoisotopic (exact) mass is 434 g/mol. The van der Waals surface area contributed by atoms with Gasteiger partial charge in [0.05, 0.1) is 15.9 Å². The zero-order valence-electron chi connectivity index (χ0n) is 16.2. The summed E-state index contributed by atoms with van der Waals surface area (Å²) in [7, 11) is 0. The van der Waals surface area contributed by atoms with Crippen LogP contribution in [0, 0.1) is 6.92 Å². The van der Waals surface area contributed by atoms with E-state index in [-0.39, 0.29) is 5.69 Å². The fourth-order valence-electron chi connectivity index (χ4n) is 3.65. The topological polar surface area (TPSA) is 87.5 Å². The van der Waals surface area contributed by atoms with Crippen molar-refractivity contribution in [2.45, 2.75) is 26.2 Å². The first-order valence-corrected chi connectivity index (χ1v) is 11.2. The van der Waals surface area contributed by atoms with Crippen molar-refractivity contribution in [3.63, 3.8) is 0 Å². The molecule has 0 atom stereocenters. The lowest BCUT2D eigenvalue weighted by atomic mass is 9.89. The number of rotatable bonds is 4. The number of fused-ring (bicyclic) bond motifs is 2. The minimum absolute atomic E-state index is 0.124. The molecule has 0 unspecified atom stereocenters. The smallest absolute Gasteiger partial charge is 0.355 e. The third kappa shape index (κ3) is 3.48. The number of aryl methyl sites for hydroxylation is 2. The second-order valence-corrected chi connectivity index (χ2v) is 9.35. The van der Waals surface area contributed by atoms with E-state index in [1.165, 1.54) is 16.9 Å². The Morgan fingerprint density at radius 2 is 2.00 bits per heavy atom. The highest BCUT2D eigenvalue weighted by Gasteiger charge is 2.20. The van der Waals surface area contributed by atoms with Crippen LogP contribution in [0.25, 0.3) is 20.8 Å². The first kappa shape index (κ1) is 18.9. The largest absolute Gasteiger partial charge is 0.476 e. The van der Waals surface area contributed by atoms with Gasteiger partial charge in [0.15, 0.2) is 5.69 Å². The van der Waals surface area contributed by atoms with Crippen LogP contribution in [0.15, 0.2) is 47.6 Å². The van der Waals surface area contributed by atoms with Gasteiger partial charge < -0.3 is 5.11 Å². The van der Waals surface area contributed by atoms with Crippen molar-refractivity contribution in [1.82, 2.24) is 9.97 Å². The third-order valence-electron chi connectivity index (χ3n) is 5.11. The lowest BCUT2D eigenvalue weighted by molar-refractivity contribution is 0.0690. The Bertz CT molecular complexity index is 1270. The molecule has 8 heteroatoms. The number of aromatic nitrogens is 2. The van der Waals surface area contributed by atoms with E-state index >= 15 is 0 Å². The van der Waals surface area contributed by atoms with Gasteiger partial charge in [0.25, 0.3) is 0 Å². The van der Waals surface area contributed by atoms with E-state index in [0.717, 1.165) is 56.5 Å². The lowest BCUT2D eigenvalue weighted by Crippen LogP contribution is -2.13. The maximum atomic E-state index is 11.3. The van der Waals surface area contributed by atoms with E-state index in [1.54, 1.807) is 18.3 Å². The molecule has 6 nitrogen and oxygen atoms in total. The normalized spacial score (nSPS) is 14.8. The number of hydrogen-bond donors (Lipinski definition) is 2. The number of para-hydroxylation sites is 1. The summed E-state index contributed by atoms with van der Waals surface area (Å²) in [5.41, 5.74) is 8.48. The molecular formula is C22H18N4O2S2. The molecule has 0 saturated heterocycles. The number of hydrazone groups is 1. The van der Waals surface area contributed by atoms with Crippen molar-refractivity contribution in [3.8, 4) is 10.6 Å². The van der Waals surface area contributed by atoms with E-state index in [1.807, 2.05) is 24.3 Å². The second kappa shape index (κ2) is 7.62. The first-order chi connectivity index (χ1) is 14.6. The van der Waals surface area contributed by atoms with Crippen molar-refractivity contribution in [2.24, 2.45) is 5.10 Å². The van der Waals surface area contributed by atoms with Gasteiger partial charge in [0, 0.05) is 16.0 Å². The van der Waals surface area contributed by atoms with Crippen LogP contribution in [-0.4, -0.2) is 26.8 Å². The highest BCUT2D eigenvalue weighted by atomic mass is 32.1. The van der Waals surface area contributed by atoms with E-state index in [9.17, 15) is 9.90 Å². The zero-order valence-corrected chi connectivity index (χ0v) is 17.8. The molecule has 2 heterocycles. The lowest BCUT2D eigenvalue weighted by Gasteiger charge is -2.18. The molecule has 150 valence electrons. The van der Waals surface area contributed by atoms with Gasteiger partial charge in [0.2, 0.25) is 5.13 Å². The van der Waals surface area contributed by atoms with E-state index in [2.05, 4.69) is 38.7 Å². The molecule has 0 aliphatic heterocycles. The molecule has 0 spiro atoms. The highest BCUT2D eigenvalue weighted by Crippen LogP contribution is 2.32. The fourth-order valence-corrected chi connectivity index (χ4v) is 5.36. The Hall–Kier alpha value is -3.10. The van der Waals surface area contributed by atoms with Crippen molar-refractivity contribution >= 4 is 49.7 Å². The minimum atomic E-state index is -0.991. The summed E-state index contributed by atoms with van der Waals surface area (Å²) in [6.45, 7) is 1.79. The number of carbonyl (C=O) groups is 1. The summed E-state index contributed by atoms with van der Waals surface area (Å²) < 4.78 is 1.12. The molecule has 2 aromatic heterocycles. The van der Waals surface area contributed by atoms with Gasteiger partial charge in [0.1, 0.15) is 5.01 Å². The molecule has 0 amide bonds. The van der Waals surface area contributed by atoms with Gasteiger partial charge in [-0.3, -0.25) is 5.43 Å². The molecule has 0 bridgehead atoms. The van der Waals surface area contributed by atoms with Crippen LogP contribution < -0.4 is 5.43 Å². The van der Waals surface area contributed by atoms with Crippen LogP contribution >= 0.6 is 22.7 Å². The number of anilines is 1. The molecule has 2 aromatic carbocycles. The molecule has 30 heavy (non-hydrogen) atoms.